The van der Waals surface area contributed by atoms with Crippen molar-refractivity contribution >= 4 is 27.5 Å². The Kier molecular flexibility index (Phi) is 3.42. The first kappa shape index (κ1) is 12.3. The first-order valence-corrected chi connectivity index (χ1v) is 5.97. The molecule has 0 aliphatic carbocycles. The van der Waals surface area contributed by atoms with Crippen molar-refractivity contribution in [3.05, 3.63) is 29.3 Å². The highest BCUT2D eigenvalue weighted by Gasteiger charge is 2.11. The van der Waals surface area contributed by atoms with Crippen molar-refractivity contribution < 1.29 is 9.53 Å². The van der Waals surface area contributed by atoms with E-state index in [0.29, 0.717) is 21.6 Å². The maximum atomic E-state index is 11.9. The van der Waals surface area contributed by atoms with Gasteiger partial charge in [-0.25, -0.2) is 0 Å². The molecule has 1 aromatic heterocycles. The maximum absolute atomic E-state index is 11.9. The van der Waals surface area contributed by atoms with E-state index in [2.05, 4.69) is 15.5 Å². The molecule has 0 radical (unpaired) electrons. The largest absolute Gasteiger partial charge is 0.496 e. The second-order valence-electron chi connectivity index (χ2n) is 3.58. The first-order chi connectivity index (χ1) is 8.60. The van der Waals surface area contributed by atoms with Crippen molar-refractivity contribution in [1.29, 1.82) is 0 Å². The number of nitrogen functional groups attached to an aromatic ring is 1. The topological polar surface area (TPSA) is 90.1 Å². The Labute approximate surface area is 108 Å². The molecule has 0 fully saturated rings. The van der Waals surface area contributed by atoms with E-state index in [1.165, 1.54) is 0 Å². The summed E-state index contributed by atoms with van der Waals surface area (Å²) in [6.45, 7) is 1.91. The van der Waals surface area contributed by atoms with Gasteiger partial charge in [0.1, 0.15) is 5.75 Å². The number of nitrogens with zero attached hydrogens (tertiary/aromatic N) is 2. The number of nitrogens with two attached hydrogens (primary N) is 1. The molecule has 0 aliphatic rings. The summed E-state index contributed by atoms with van der Waals surface area (Å²) >= 11 is 1.12. The SMILES string of the molecule is COc1cc(C(=O)Nc2nnc(N)s2)ccc1C. The minimum atomic E-state index is -0.274. The molecule has 1 amide bonds. The molecule has 1 heterocycles. The summed E-state index contributed by atoms with van der Waals surface area (Å²) in [5.41, 5.74) is 6.89. The fourth-order valence-corrected chi connectivity index (χ4v) is 1.92. The van der Waals surface area contributed by atoms with Crippen LogP contribution in [0.25, 0.3) is 0 Å². The first-order valence-electron chi connectivity index (χ1n) is 5.15. The number of aryl methyl sites for hydroxylation is 1. The van der Waals surface area contributed by atoms with Gasteiger partial charge in [-0.1, -0.05) is 17.4 Å². The number of aromatic nitrogens is 2. The smallest absolute Gasteiger partial charge is 0.257 e. The molecule has 7 heteroatoms. The van der Waals surface area contributed by atoms with E-state index < -0.39 is 0 Å². The Hall–Kier alpha value is -2.15. The third-order valence-electron chi connectivity index (χ3n) is 2.33. The van der Waals surface area contributed by atoms with Gasteiger partial charge in [0.25, 0.3) is 5.91 Å². The van der Waals surface area contributed by atoms with Gasteiger partial charge in [-0.05, 0) is 24.6 Å². The molecule has 2 aromatic rings. The molecule has 0 unspecified atom stereocenters. The van der Waals surface area contributed by atoms with Crippen LogP contribution in [0.1, 0.15) is 15.9 Å². The van der Waals surface area contributed by atoms with Gasteiger partial charge in [-0.2, -0.15) is 0 Å². The van der Waals surface area contributed by atoms with Gasteiger partial charge in [0.2, 0.25) is 10.3 Å². The average Bonchev–Trinajstić information content (AvgIpc) is 2.75. The number of hydrogen-bond donors (Lipinski definition) is 2. The maximum Gasteiger partial charge on any atom is 0.257 e. The molecule has 3 N–H and O–H groups in total. The molecular formula is C11H12N4O2S. The second-order valence-corrected chi connectivity index (χ2v) is 4.59. The average molecular weight is 264 g/mol. The Morgan fingerprint density at radius 3 is 2.83 bits per heavy atom. The van der Waals surface area contributed by atoms with Crippen molar-refractivity contribution in [3.8, 4) is 5.75 Å². The number of ether oxygens (including phenoxy) is 1. The number of methoxy groups -OCH3 is 1. The number of amides is 1. The van der Waals surface area contributed by atoms with E-state index in [4.69, 9.17) is 10.5 Å². The van der Waals surface area contributed by atoms with Crippen LogP contribution in [-0.4, -0.2) is 23.2 Å². The normalized spacial score (nSPS) is 10.1. The van der Waals surface area contributed by atoms with Crippen LogP contribution in [0.3, 0.4) is 0 Å². The van der Waals surface area contributed by atoms with E-state index in [0.717, 1.165) is 16.9 Å². The van der Waals surface area contributed by atoms with Gasteiger partial charge in [0.05, 0.1) is 7.11 Å². The molecule has 6 nitrogen and oxygen atoms in total. The van der Waals surface area contributed by atoms with Crippen LogP contribution in [0, 0.1) is 6.92 Å². The van der Waals surface area contributed by atoms with E-state index in [1.807, 2.05) is 13.0 Å². The van der Waals surface area contributed by atoms with Crippen molar-refractivity contribution in [2.45, 2.75) is 6.92 Å². The lowest BCUT2D eigenvalue weighted by Crippen LogP contribution is -2.12. The Balaban J connectivity index is 2.18. The molecule has 94 valence electrons. The minimum Gasteiger partial charge on any atom is -0.496 e. The van der Waals surface area contributed by atoms with E-state index >= 15 is 0 Å². The molecule has 0 bridgehead atoms. The van der Waals surface area contributed by atoms with Crippen LogP contribution in [-0.2, 0) is 0 Å². The Morgan fingerprint density at radius 1 is 1.44 bits per heavy atom. The molecule has 18 heavy (non-hydrogen) atoms. The fraction of sp³-hybridized carbons (Fsp3) is 0.182. The quantitative estimate of drug-likeness (QED) is 0.880. The van der Waals surface area contributed by atoms with Gasteiger partial charge in [0.15, 0.2) is 0 Å². The summed E-state index contributed by atoms with van der Waals surface area (Å²) in [5.74, 6) is 0.392. The monoisotopic (exact) mass is 264 g/mol. The van der Waals surface area contributed by atoms with Crippen molar-refractivity contribution in [2.24, 2.45) is 0 Å². The van der Waals surface area contributed by atoms with Crippen molar-refractivity contribution in [2.75, 3.05) is 18.2 Å². The van der Waals surface area contributed by atoms with Gasteiger partial charge in [-0.15, -0.1) is 10.2 Å². The summed E-state index contributed by atoms with van der Waals surface area (Å²) in [4.78, 5) is 11.9. The Morgan fingerprint density at radius 2 is 2.22 bits per heavy atom. The highest BCUT2D eigenvalue weighted by molar-refractivity contribution is 7.19. The van der Waals surface area contributed by atoms with Gasteiger partial charge < -0.3 is 10.5 Å². The van der Waals surface area contributed by atoms with Crippen LogP contribution >= 0.6 is 11.3 Å². The lowest BCUT2D eigenvalue weighted by Gasteiger charge is -2.06. The lowest BCUT2D eigenvalue weighted by molar-refractivity contribution is 0.102. The number of anilines is 2. The number of nitrogens with one attached hydrogen (secondary N) is 1. The third kappa shape index (κ3) is 2.57. The highest BCUT2D eigenvalue weighted by Crippen LogP contribution is 2.21. The van der Waals surface area contributed by atoms with Crippen LogP contribution in [0.5, 0.6) is 5.75 Å². The number of rotatable bonds is 3. The summed E-state index contributed by atoms with van der Waals surface area (Å²) in [7, 11) is 1.56. The number of benzene rings is 1. The van der Waals surface area contributed by atoms with Crippen LogP contribution in [0.4, 0.5) is 10.3 Å². The van der Waals surface area contributed by atoms with Crippen LogP contribution < -0.4 is 15.8 Å². The molecule has 1 aromatic carbocycles. The zero-order chi connectivity index (χ0) is 13.1. The summed E-state index contributed by atoms with van der Waals surface area (Å²) in [5, 5.41) is 10.6. The standard InChI is InChI=1S/C11H12N4O2S/c1-6-3-4-7(5-8(6)17-2)9(16)13-11-15-14-10(12)18-11/h3-5H,1-2H3,(H2,12,14)(H,13,15,16). The van der Waals surface area contributed by atoms with Gasteiger partial charge in [0, 0.05) is 5.56 Å². The second kappa shape index (κ2) is 5.01. The van der Waals surface area contributed by atoms with Crippen molar-refractivity contribution in [1.82, 2.24) is 10.2 Å². The fourth-order valence-electron chi connectivity index (χ4n) is 1.42. The predicted molar refractivity (Wildman–Crippen MR) is 70.0 cm³/mol. The summed E-state index contributed by atoms with van der Waals surface area (Å²) in [6.07, 6.45) is 0. The number of carbonyl (C=O) groups is 1. The summed E-state index contributed by atoms with van der Waals surface area (Å²) < 4.78 is 5.16. The van der Waals surface area contributed by atoms with Crippen LogP contribution in [0.15, 0.2) is 18.2 Å². The molecule has 2 rings (SSSR count). The lowest BCUT2D eigenvalue weighted by atomic mass is 10.1. The molecule has 0 atom stereocenters. The minimum absolute atomic E-state index is 0.274. The molecule has 0 saturated heterocycles. The van der Waals surface area contributed by atoms with Crippen molar-refractivity contribution in [3.63, 3.8) is 0 Å². The molecule has 0 saturated carbocycles. The predicted octanol–water partition coefficient (Wildman–Crippen LogP) is 1.69. The zero-order valence-corrected chi connectivity index (χ0v) is 10.7. The van der Waals surface area contributed by atoms with Gasteiger partial charge in [-0.3, -0.25) is 10.1 Å². The van der Waals surface area contributed by atoms with E-state index in [1.54, 1.807) is 19.2 Å². The molecule has 0 spiro atoms. The van der Waals surface area contributed by atoms with Crippen LogP contribution in [0.2, 0.25) is 0 Å². The zero-order valence-electron chi connectivity index (χ0n) is 9.93. The van der Waals surface area contributed by atoms with E-state index in [-0.39, 0.29) is 5.91 Å². The van der Waals surface area contributed by atoms with Gasteiger partial charge >= 0.3 is 0 Å². The third-order valence-corrected chi connectivity index (χ3v) is 3.00. The summed E-state index contributed by atoms with van der Waals surface area (Å²) in [6, 6.07) is 5.22. The number of carbonyl (C=O) groups excluding carboxylic acids is 1. The Bertz CT molecular complexity index is 582. The molecule has 0 aliphatic heterocycles. The highest BCUT2D eigenvalue weighted by atomic mass is 32.1. The molecular weight excluding hydrogens is 252 g/mol. The number of hydrogen-bond acceptors (Lipinski definition) is 6. The van der Waals surface area contributed by atoms with E-state index in [9.17, 15) is 4.79 Å².